The number of carbonyl (C=O) groups is 2. The zero-order valence-electron chi connectivity index (χ0n) is 13.3. The molecule has 124 valence electrons. The first-order valence-corrected chi connectivity index (χ1v) is 9.09. The molecule has 0 spiro atoms. The highest BCUT2D eigenvalue weighted by atomic mass is 32.2. The number of carbonyl (C=O) groups excluding carboxylic acids is 2. The average molecular weight is 321 g/mol. The third kappa shape index (κ3) is 7.04. The molecule has 0 bridgehead atoms. The molecule has 0 saturated carbocycles. The lowest BCUT2D eigenvalue weighted by Gasteiger charge is -2.18. The number of nitrogens with two attached hydrogens (primary N) is 1. The van der Waals surface area contributed by atoms with Gasteiger partial charge >= 0.3 is 11.9 Å². The van der Waals surface area contributed by atoms with Gasteiger partial charge in [0.1, 0.15) is 6.04 Å². The van der Waals surface area contributed by atoms with Gasteiger partial charge in [0.15, 0.2) is 9.84 Å². The van der Waals surface area contributed by atoms with Crippen LogP contribution in [0, 0.1) is 5.92 Å². The minimum atomic E-state index is -3.48. The molecule has 0 amide bonds. The van der Waals surface area contributed by atoms with Crippen LogP contribution in [-0.4, -0.2) is 37.4 Å². The summed E-state index contributed by atoms with van der Waals surface area (Å²) in [4.78, 5) is 23.0. The van der Waals surface area contributed by atoms with Crippen molar-refractivity contribution in [3.63, 3.8) is 0 Å². The number of hydrogen-bond acceptors (Lipinski definition) is 6. The molecule has 0 aromatic rings. The van der Waals surface area contributed by atoms with E-state index in [9.17, 15) is 18.0 Å². The van der Waals surface area contributed by atoms with Crippen molar-refractivity contribution < 1.29 is 22.7 Å². The third-order valence-electron chi connectivity index (χ3n) is 3.12. The minimum Gasteiger partial charge on any atom is -0.392 e. The lowest BCUT2D eigenvalue weighted by Crippen LogP contribution is -2.42. The van der Waals surface area contributed by atoms with Gasteiger partial charge in [-0.05, 0) is 12.8 Å². The number of esters is 2. The second-order valence-electron chi connectivity index (χ2n) is 5.53. The van der Waals surface area contributed by atoms with Crippen molar-refractivity contribution >= 4 is 21.8 Å². The van der Waals surface area contributed by atoms with Gasteiger partial charge in [0, 0.05) is 0 Å². The molecule has 6 nitrogen and oxygen atoms in total. The van der Waals surface area contributed by atoms with E-state index in [1.165, 1.54) is 0 Å². The molecule has 0 rings (SSSR count). The van der Waals surface area contributed by atoms with E-state index < -0.39 is 44.7 Å². The summed E-state index contributed by atoms with van der Waals surface area (Å²) in [5, 5.41) is -0.493. The van der Waals surface area contributed by atoms with Crippen molar-refractivity contribution in [3.05, 3.63) is 0 Å². The van der Waals surface area contributed by atoms with E-state index in [-0.39, 0.29) is 0 Å². The molecular weight excluding hydrogens is 294 g/mol. The Hall–Kier alpha value is -0.950. The Morgan fingerprint density at radius 3 is 1.90 bits per heavy atom. The van der Waals surface area contributed by atoms with E-state index in [1.54, 1.807) is 13.8 Å². The summed E-state index contributed by atoms with van der Waals surface area (Å²) in [6.45, 7) is 6.98. The molecular formula is C14H27NO5S. The van der Waals surface area contributed by atoms with Crippen LogP contribution in [0.4, 0.5) is 0 Å². The number of sulfone groups is 1. The Labute approximate surface area is 127 Å². The normalized spacial score (nSPS) is 13.5. The lowest BCUT2D eigenvalue weighted by molar-refractivity contribution is -0.162. The Morgan fingerprint density at radius 1 is 1.05 bits per heavy atom. The molecule has 2 N–H and O–H groups in total. The molecule has 0 heterocycles. The highest BCUT2D eigenvalue weighted by Crippen LogP contribution is 2.16. The maximum absolute atomic E-state index is 12.3. The van der Waals surface area contributed by atoms with Crippen molar-refractivity contribution in [2.75, 3.05) is 5.75 Å². The summed E-state index contributed by atoms with van der Waals surface area (Å²) in [6.07, 6.45) is 2.58. The van der Waals surface area contributed by atoms with Crippen LogP contribution in [-0.2, 0) is 24.2 Å². The second kappa shape index (κ2) is 9.15. The quantitative estimate of drug-likeness (QED) is 0.509. The molecule has 0 unspecified atom stereocenters. The van der Waals surface area contributed by atoms with E-state index in [0.717, 1.165) is 12.8 Å². The Kier molecular flexibility index (Phi) is 8.73. The van der Waals surface area contributed by atoms with Gasteiger partial charge in [-0.3, -0.25) is 4.79 Å². The first-order chi connectivity index (χ1) is 9.65. The molecule has 0 aliphatic carbocycles. The zero-order valence-corrected chi connectivity index (χ0v) is 14.1. The molecule has 7 heteroatoms. The number of hydrogen-bond donors (Lipinski definition) is 1. The third-order valence-corrected chi connectivity index (χ3v) is 5.43. The molecule has 21 heavy (non-hydrogen) atoms. The molecule has 0 aliphatic heterocycles. The fraction of sp³-hybridized carbons (Fsp3) is 0.857. The van der Waals surface area contributed by atoms with Crippen LogP contribution in [0.2, 0.25) is 0 Å². The molecule has 1 atom stereocenters. The minimum absolute atomic E-state index is 0.467. The largest absolute Gasteiger partial charge is 0.392 e. The van der Waals surface area contributed by atoms with E-state index in [4.69, 9.17) is 5.73 Å². The van der Waals surface area contributed by atoms with E-state index in [1.807, 2.05) is 13.8 Å². The van der Waals surface area contributed by atoms with E-state index >= 15 is 0 Å². The first-order valence-electron chi connectivity index (χ1n) is 7.38. The van der Waals surface area contributed by atoms with Crippen LogP contribution in [0.15, 0.2) is 0 Å². The Bertz CT molecular complexity index is 438. The fourth-order valence-electron chi connectivity index (χ4n) is 1.89. The molecule has 0 radical (unpaired) electrons. The summed E-state index contributed by atoms with van der Waals surface area (Å²) < 4.78 is 29.1. The van der Waals surface area contributed by atoms with Gasteiger partial charge in [-0.2, -0.15) is 0 Å². The van der Waals surface area contributed by atoms with Crippen molar-refractivity contribution in [1.82, 2.24) is 0 Å². The predicted octanol–water partition coefficient (Wildman–Crippen LogP) is 1.42. The van der Waals surface area contributed by atoms with Gasteiger partial charge in [-0.25, -0.2) is 13.2 Å². The maximum Gasteiger partial charge on any atom is 0.331 e. The summed E-state index contributed by atoms with van der Waals surface area (Å²) in [6, 6.07) is -1.33. The first kappa shape index (κ1) is 20.1. The van der Waals surface area contributed by atoms with Gasteiger partial charge in [0.25, 0.3) is 0 Å². The van der Waals surface area contributed by atoms with Gasteiger partial charge in [0.2, 0.25) is 0 Å². The van der Waals surface area contributed by atoms with E-state index in [2.05, 4.69) is 4.74 Å². The fourth-order valence-corrected chi connectivity index (χ4v) is 3.99. The monoisotopic (exact) mass is 321 g/mol. The molecule has 0 aliphatic rings. The van der Waals surface area contributed by atoms with Gasteiger partial charge in [-0.15, -0.1) is 0 Å². The van der Waals surface area contributed by atoms with E-state index in [0.29, 0.717) is 12.8 Å². The van der Waals surface area contributed by atoms with Crippen LogP contribution in [0.5, 0.6) is 0 Å². The summed E-state index contributed by atoms with van der Waals surface area (Å²) in [5.74, 6) is -2.64. The van der Waals surface area contributed by atoms with Crippen LogP contribution in [0.3, 0.4) is 0 Å². The topological polar surface area (TPSA) is 104 Å². The highest BCUT2D eigenvalue weighted by Gasteiger charge is 2.30. The van der Waals surface area contributed by atoms with Crippen molar-refractivity contribution in [2.45, 2.75) is 64.7 Å². The summed E-state index contributed by atoms with van der Waals surface area (Å²) in [7, 11) is -3.48. The van der Waals surface area contributed by atoms with Gasteiger partial charge in [0.05, 0.1) is 16.9 Å². The average Bonchev–Trinajstić information content (AvgIpc) is 2.37. The van der Waals surface area contributed by atoms with Crippen LogP contribution < -0.4 is 5.73 Å². The van der Waals surface area contributed by atoms with Crippen molar-refractivity contribution in [3.8, 4) is 0 Å². The SMILES string of the molecule is CCCC(CCC)S(=O)(=O)C[C@@H](N)C(=O)OC(=O)C(C)C. The van der Waals surface area contributed by atoms with Crippen molar-refractivity contribution in [2.24, 2.45) is 11.7 Å². The highest BCUT2D eigenvalue weighted by molar-refractivity contribution is 7.92. The van der Waals surface area contributed by atoms with Crippen molar-refractivity contribution in [1.29, 1.82) is 0 Å². The number of rotatable bonds is 9. The molecule has 0 saturated heterocycles. The number of ether oxygens (including phenoxy) is 1. The van der Waals surface area contributed by atoms with Gasteiger partial charge in [-0.1, -0.05) is 40.5 Å². The molecule has 0 fully saturated rings. The Balaban J connectivity index is 4.76. The molecule has 0 aromatic heterocycles. The van der Waals surface area contributed by atoms with Crippen LogP contribution in [0.1, 0.15) is 53.4 Å². The summed E-state index contributed by atoms with van der Waals surface area (Å²) in [5.41, 5.74) is 5.58. The standard InChI is InChI=1S/C14H27NO5S/c1-5-7-11(8-6-2)21(18,19)9-12(15)14(17)20-13(16)10(3)4/h10-12H,5-9,15H2,1-4H3/t12-/m1/s1. The zero-order chi connectivity index (χ0) is 16.6. The molecule has 0 aromatic carbocycles. The smallest absolute Gasteiger partial charge is 0.331 e. The lowest BCUT2D eigenvalue weighted by atomic mass is 10.2. The predicted molar refractivity (Wildman–Crippen MR) is 81.3 cm³/mol. The second-order valence-corrected chi connectivity index (χ2v) is 7.86. The van der Waals surface area contributed by atoms with Crippen LogP contribution >= 0.6 is 0 Å². The summed E-state index contributed by atoms with van der Waals surface area (Å²) >= 11 is 0. The Morgan fingerprint density at radius 2 is 1.52 bits per heavy atom. The van der Waals surface area contributed by atoms with Crippen LogP contribution in [0.25, 0.3) is 0 Å². The van der Waals surface area contributed by atoms with Gasteiger partial charge < -0.3 is 10.5 Å². The maximum atomic E-state index is 12.3.